The van der Waals surface area contributed by atoms with Crippen LogP contribution in [0.5, 0.6) is 5.88 Å². The molecule has 0 bridgehead atoms. The van der Waals surface area contributed by atoms with Crippen LogP contribution in [0.1, 0.15) is 31.0 Å². The monoisotopic (exact) mass is 236 g/mol. The van der Waals surface area contributed by atoms with Gasteiger partial charge < -0.3 is 14.8 Å². The van der Waals surface area contributed by atoms with Crippen molar-refractivity contribution in [3.05, 3.63) is 23.4 Å². The molecule has 0 radical (unpaired) electrons. The Morgan fingerprint density at radius 3 is 2.76 bits per heavy atom. The first-order chi connectivity index (χ1) is 8.19. The van der Waals surface area contributed by atoms with Crippen molar-refractivity contribution < 1.29 is 9.47 Å². The first-order valence-electron chi connectivity index (χ1n) is 6.09. The van der Waals surface area contributed by atoms with Gasteiger partial charge in [-0.3, -0.25) is 0 Å². The van der Waals surface area contributed by atoms with Gasteiger partial charge >= 0.3 is 0 Å². The molecule has 1 fully saturated rings. The zero-order valence-electron chi connectivity index (χ0n) is 10.7. The lowest BCUT2D eigenvalue weighted by atomic mass is 10.1. The molecule has 4 heteroatoms. The van der Waals surface area contributed by atoms with E-state index in [9.17, 15) is 0 Å². The van der Waals surface area contributed by atoms with Crippen molar-refractivity contribution in [1.29, 1.82) is 0 Å². The highest BCUT2D eigenvalue weighted by molar-refractivity contribution is 5.27. The van der Waals surface area contributed by atoms with Crippen LogP contribution in [0.4, 0.5) is 0 Å². The summed E-state index contributed by atoms with van der Waals surface area (Å²) in [5.41, 5.74) is 2.29. The van der Waals surface area contributed by atoms with Crippen molar-refractivity contribution in [2.75, 3.05) is 20.3 Å². The SMILES string of the molecule is CNCc1cc(OC2COC2)nc(C(C)C)c1. The van der Waals surface area contributed by atoms with E-state index in [1.54, 1.807) is 0 Å². The van der Waals surface area contributed by atoms with Gasteiger partial charge in [0.05, 0.1) is 13.2 Å². The van der Waals surface area contributed by atoms with Crippen molar-refractivity contribution in [3.63, 3.8) is 0 Å². The van der Waals surface area contributed by atoms with Crippen LogP contribution in [-0.2, 0) is 11.3 Å². The summed E-state index contributed by atoms with van der Waals surface area (Å²) in [6, 6.07) is 4.13. The molecule has 0 atom stereocenters. The van der Waals surface area contributed by atoms with Crippen LogP contribution in [0.2, 0.25) is 0 Å². The maximum absolute atomic E-state index is 5.76. The predicted octanol–water partition coefficient (Wildman–Crippen LogP) is 1.70. The molecular formula is C13H20N2O2. The zero-order valence-corrected chi connectivity index (χ0v) is 10.7. The van der Waals surface area contributed by atoms with E-state index >= 15 is 0 Å². The smallest absolute Gasteiger partial charge is 0.214 e. The Bertz CT molecular complexity index is 376. The summed E-state index contributed by atoms with van der Waals surface area (Å²) in [7, 11) is 1.94. The number of hydrogen-bond donors (Lipinski definition) is 1. The Hall–Kier alpha value is -1.13. The average molecular weight is 236 g/mol. The molecule has 0 saturated carbocycles. The zero-order chi connectivity index (χ0) is 12.3. The highest BCUT2D eigenvalue weighted by atomic mass is 16.6. The van der Waals surface area contributed by atoms with E-state index in [4.69, 9.17) is 9.47 Å². The lowest BCUT2D eigenvalue weighted by molar-refractivity contribution is -0.0814. The Kier molecular flexibility index (Phi) is 3.97. The van der Waals surface area contributed by atoms with Crippen LogP contribution in [0.3, 0.4) is 0 Å². The molecule has 17 heavy (non-hydrogen) atoms. The molecule has 1 aromatic heterocycles. The maximum Gasteiger partial charge on any atom is 0.214 e. The molecule has 2 heterocycles. The summed E-state index contributed by atoms with van der Waals surface area (Å²) in [5.74, 6) is 1.13. The quantitative estimate of drug-likeness (QED) is 0.845. The van der Waals surface area contributed by atoms with Gasteiger partial charge in [-0.25, -0.2) is 4.98 Å². The van der Waals surface area contributed by atoms with Crippen molar-refractivity contribution in [2.45, 2.75) is 32.4 Å². The Morgan fingerprint density at radius 2 is 2.24 bits per heavy atom. The molecule has 0 aromatic carbocycles. The molecule has 1 aliphatic heterocycles. The number of nitrogens with one attached hydrogen (secondary N) is 1. The molecule has 0 spiro atoms. The minimum Gasteiger partial charge on any atom is -0.469 e. The normalized spacial score (nSPS) is 16.0. The van der Waals surface area contributed by atoms with Crippen molar-refractivity contribution in [2.24, 2.45) is 0 Å². The summed E-state index contributed by atoms with van der Waals surface area (Å²) in [5, 5.41) is 3.15. The number of hydrogen-bond acceptors (Lipinski definition) is 4. The second-order valence-electron chi connectivity index (χ2n) is 4.70. The summed E-state index contributed by atoms with van der Waals surface area (Å²) in [6.45, 7) is 6.47. The van der Waals surface area contributed by atoms with Crippen molar-refractivity contribution in [1.82, 2.24) is 10.3 Å². The van der Waals surface area contributed by atoms with Crippen LogP contribution in [-0.4, -0.2) is 31.3 Å². The highest BCUT2D eigenvalue weighted by Crippen LogP contribution is 2.21. The molecule has 1 saturated heterocycles. The summed E-state index contributed by atoms with van der Waals surface area (Å²) in [4.78, 5) is 4.53. The molecule has 4 nitrogen and oxygen atoms in total. The van der Waals surface area contributed by atoms with Crippen molar-refractivity contribution >= 4 is 0 Å². The first kappa shape index (κ1) is 12.3. The number of nitrogens with zero attached hydrogens (tertiary/aromatic N) is 1. The fourth-order valence-electron chi connectivity index (χ4n) is 1.70. The summed E-state index contributed by atoms with van der Waals surface area (Å²) >= 11 is 0. The molecular weight excluding hydrogens is 216 g/mol. The third-order valence-electron chi connectivity index (χ3n) is 2.75. The third kappa shape index (κ3) is 3.17. The standard InChI is InChI=1S/C13H20N2O2/c1-9(2)12-4-10(6-14-3)5-13(15-12)17-11-7-16-8-11/h4-5,9,11,14H,6-8H2,1-3H3. The summed E-state index contributed by atoms with van der Waals surface area (Å²) in [6.07, 6.45) is 0.173. The largest absolute Gasteiger partial charge is 0.469 e. The first-order valence-corrected chi connectivity index (χ1v) is 6.09. The molecule has 1 aliphatic rings. The third-order valence-corrected chi connectivity index (χ3v) is 2.75. The van der Waals surface area contributed by atoms with Gasteiger partial charge in [0, 0.05) is 18.3 Å². The van der Waals surface area contributed by atoms with E-state index in [1.807, 2.05) is 13.1 Å². The highest BCUT2D eigenvalue weighted by Gasteiger charge is 2.21. The van der Waals surface area contributed by atoms with Gasteiger partial charge in [0.2, 0.25) is 5.88 Å². The molecule has 2 rings (SSSR count). The van der Waals surface area contributed by atoms with E-state index < -0.39 is 0 Å². The van der Waals surface area contributed by atoms with Crippen LogP contribution in [0, 0.1) is 0 Å². The van der Waals surface area contributed by atoms with Gasteiger partial charge in [0.25, 0.3) is 0 Å². The van der Waals surface area contributed by atoms with Gasteiger partial charge in [-0.15, -0.1) is 0 Å². The fourth-order valence-corrected chi connectivity index (χ4v) is 1.70. The van der Waals surface area contributed by atoms with Gasteiger partial charge in [0.1, 0.15) is 6.10 Å². The molecule has 0 aliphatic carbocycles. The molecule has 1 aromatic rings. The Balaban J connectivity index is 2.16. The second kappa shape index (κ2) is 5.47. The lowest BCUT2D eigenvalue weighted by Crippen LogP contribution is -2.38. The minimum absolute atomic E-state index is 0.173. The van der Waals surface area contributed by atoms with Crippen LogP contribution < -0.4 is 10.1 Å². The van der Waals surface area contributed by atoms with Crippen LogP contribution in [0.25, 0.3) is 0 Å². The summed E-state index contributed by atoms with van der Waals surface area (Å²) < 4.78 is 10.9. The topological polar surface area (TPSA) is 43.4 Å². The van der Waals surface area contributed by atoms with E-state index in [0.29, 0.717) is 19.1 Å². The van der Waals surface area contributed by atoms with E-state index in [2.05, 4.69) is 30.2 Å². The molecule has 1 N–H and O–H groups in total. The second-order valence-corrected chi connectivity index (χ2v) is 4.70. The lowest BCUT2D eigenvalue weighted by Gasteiger charge is -2.26. The number of rotatable bonds is 5. The number of aromatic nitrogens is 1. The van der Waals surface area contributed by atoms with Crippen molar-refractivity contribution in [3.8, 4) is 5.88 Å². The van der Waals surface area contributed by atoms with Gasteiger partial charge in [-0.05, 0) is 24.6 Å². The average Bonchev–Trinajstić information content (AvgIpc) is 2.24. The van der Waals surface area contributed by atoms with Gasteiger partial charge in [-0.1, -0.05) is 13.8 Å². The number of pyridine rings is 1. The predicted molar refractivity (Wildman–Crippen MR) is 66.3 cm³/mol. The Morgan fingerprint density at radius 1 is 1.47 bits per heavy atom. The maximum atomic E-state index is 5.76. The van der Waals surface area contributed by atoms with Crippen LogP contribution >= 0.6 is 0 Å². The van der Waals surface area contributed by atoms with Crippen LogP contribution in [0.15, 0.2) is 12.1 Å². The number of ether oxygens (including phenoxy) is 2. The molecule has 0 unspecified atom stereocenters. The van der Waals surface area contributed by atoms with Gasteiger partial charge in [0.15, 0.2) is 0 Å². The molecule has 94 valence electrons. The van der Waals surface area contributed by atoms with E-state index in [0.717, 1.165) is 18.1 Å². The molecule has 0 amide bonds. The minimum atomic E-state index is 0.173. The van der Waals surface area contributed by atoms with E-state index in [1.165, 1.54) is 5.56 Å². The van der Waals surface area contributed by atoms with E-state index in [-0.39, 0.29) is 6.10 Å². The Labute approximate surface area is 102 Å². The van der Waals surface area contributed by atoms with Gasteiger partial charge in [-0.2, -0.15) is 0 Å². The fraction of sp³-hybridized carbons (Fsp3) is 0.615.